The molecule has 12 heteroatoms. The second kappa shape index (κ2) is 9.45. The summed E-state index contributed by atoms with van der Waals surface area (Å²) >= 11 is 6.03. The number of carboxylic acid groups (broad SMARTS) is 1. The van der Waals surface area contributed by atoms with Gasteiger partial charge in [0.05, 0.1) is 22.3 Å². The largest absolute Gasteiger partial charge is 0.477 e. The lowest BCUT2D eigenvalue weighted by atomic mass is 10.0. The minimum atomic E-state index is -1.71. The average molecular weight is 529 g/mol. The minimum Gasteiger partial charge on any atom is -0.477 e. The van der Waals surface area contributed by atoms with E-state index in [1.54, 1.807) is 20.8 Å². The maximum Gasteiger partial charge on any atom is 0.414 e. The van der Waals surface area contributed by atoms with Crippen molar-refractivity contribution >= 4 is 40.3 Å². The molecule has 0 radical (unpaired) electrons. The fourth-order valence-electron chi connectivity index (χ4n) is 3.69. The number of ether oxygens (including phenoxy) is 1. The van der Waals surface area contributed by atoms with Gasteiger partial charge in [-0.1, -0.05) is 18.5 Å². The summed E-state index contributed by atoms with van der Waals surface area (Å²) in [4.78, 5) is 38.1. The molecule has 1 N–H and O–H groups in total. The third-order valence-corrected chi connectivity index (χ3v) is 5.57. The standard InChI is InChI=1S/C24H21ClF4N2O5/c1-6-14-17(22(33)34)21(32)10-7-13(28)19(29)18(25)20(10)31(14)16-9-15(11(26)8-12(16)27)30(5)23(35)36-24(2,3)4/h7-9H,6H2,1-5H3,(H,33,34). The molecule has 3 rings (SSSR count). The Bertz CT molecular complexity index is 1480. The van der Waals surface area contributed by atoms with E-state index in [9.17, 15) is 32.7 Å². The van der Waals surface area contributed by atoms with E-state index in [2.05, 4.69) is 0 Å². The molecule has 7 nitrogen and oxygen atoms in total. The van der Waals surface area contributed by atoms with Crippen LogP contribution in [-0.2, 0) is 11.2 Å². The number of hydrogen-bond acceptors (Lipinski definition) is 4. The lowest BCUT2D eigenvalue weighted by molar-refractivity contribution is 0.0587. The number of aromatic nitrogens is 1. The highest BCUT2D eigenvalue weighted by Gasteiger charge is 2.29. The normalized spacial score (nSPS) is 11.6. The van der Waals surface area contributed by atoms with Gasteiger partial charge in [0, 0.05) is 18.8 Å². The van der Waals surface area contributed by atoms with Crippen LogP contribution in [0.15, 0.2) is 23.0 Å². The number of anilines is 1. The molecule has 0 unspecified atom stereocenters. The molecule has 3 aromatic rings. The summed E-state index contributed by atoms with van der Waals surface area (Å²) in [7, 11) is 1.16. The predicted molar refractivity (Wildman–Crippen MR) is 125 cm³/mol. The summed E-state index contributed by atoms with van der Waals surface area (Å²) in [6.07, 6.45) is -1.19. The molecule has 2 aromatic carbocycles. The topological polar surface area (TPSA) is 88.8 Å². The van der Waals surface area contributed by atoms with Crippen LogP contribution in [0.4, 0.5) is 28.0 Å². The Balaban J connectivity index is 2.49. The molecule has 0 saturated heterocycles. The highest BCUT2D eigenvalue weighted by molar-refractivity contribution is 6.35. The molecule has 0 spiro atoms. The Morgan fingerprint density at radius 3 is 2.22 bits per heavy atom. The van der Waals surface area contributed by atoms with Crippen LogP contribution in [0.2, 0.25) is 5.02 Å². The van der Waals surface area contributed by atoms with Crippen molar-refractivity contribution in [2.45, 2.75) is 39.7 Å². The zero-order valence-electron chi connectivity index (χ0n) is 19.8. The summed E-state index contributed by atoms with van der Waals surface area (Å²) < 4.78 is 64.6. The number of aromatic carboxylic acids is 1. The molecule has 192 valence electrons. The fraction of sp³-hybridized carbons (Fsp3) is 0.292. The molecule has 1 heterocycles. The van der Waals surface area contributed by atoms with Crippen molar-refractivity contribution in [3.63, 3.8) is 0 Å². The van der Waals surface area contributed by atoms with Crippen LogP contribution in [0.1, 0.15) is 43.7 Å². The highest BCUT2D eigenvalue weighted by Crippen LogP contribution is 2.34. The van der Waals surface area contributed by atoms with E-state index < -0.39 is 79.2 Å². The molecular weight excluding hydrogens is 508 g/mol. The number of carbonyl (C=O) groups excluding carboxylic acids is 1. The third kappa shape index (κ3) is 4.62. The lowest BCUT2D eigenvalue weighted by Gasteiger charge is -2.26. The first-order valence-corrected chi connectivity index (χ1v) is 10.9. The average Bonchev–Trinajstić information content (AvgIpc) is 2.76. The number of pyridine rings is 1. The summed E-state index contributed by atoms with van der Waals surface area (Å²) in [5.41, 5.74) is -4.84. The van der Waals surface area contributed by atoms with Crippen molar-refractivity contribution < 1.29 is 37.0 Å². The van der Waals surface area contributed by atoms with Crippen molar-refractivity contribution in [1.82, 2.24) is 4.57 Å². The van der Waals surface area contributed by atoms with Gasteiger partial charge in [0.2, 0.25) is 5.43 Å². The molecule has 0 bridgehead atoms. The van der Waals surface area contributed by atoms with Crippen LogP contribution < -0.4 is 10.3 Å². The monoisotopic (exact) mass is 528 g/mol. The number of rotatable bonds is 4. The Morgan fingerprint density at radius 1 is 1.08 bits per heavy atom. The van der Waals surface area contributed by atoms with Gasteiger partial charge in [-0.15, -0.1) is 0 Å². The number of halogens is 5. The van der Waals surface area contributed by atoms with Gasteiger partial charge in [-0.2, -0.15) is 0 Å². The van der Waals surface area contributed by atoms with Crippen LogP contribution >= 0.6 is 11.6 Å². The van der Waals surface area contributed by atoms with Crippen LogP contribution in [0.25, 0.3) is 16.6 Å². The first-order chi connectivity index (χ1) is 16.6. The maximum absolute atomic E-state index is 15.2. The Labute approximate surface area is 207 Å². The van der Waals surface area contributed by atoms with E-state index in [0.717, 1.165) is 22.6 Å². The van der Waals surface area contributed by atoms with E-state index in [-0.39, 0.29) is 12.1 Å². The third-order valence-electron chi connectivity index (χ3n) is 5.22. The predicted octanol–water partition coefficient (Wildman–Crippen LogP) is 5.83. The highest BCUT2D eigenvalue weighted by atomic mass is 35.5. The number of benzene rings is 2. The first-order valence-electron chi connectivity index (χ1n) is 10.5. The number of fused-ring (bicyclic) bond motifs is 1. The molecule has 0 aliphatic rings. The molecule has 0 aliphatic carbocycles. The maximum atomic E-state index is 15.2. The van der Waals surface area contributed by atoms with Crippen molar-refractivity contribution in [3.05, 3.63) is 68.0 Å². The van der Waals surface area contributed by atoms with Crippen LogP contribution in [-0.4, -0.2) is 34.4 Å². The first kappa shape index (κ1) is 27.0. The van der Waals surface area contributed by atoms with Crippen LogP contribution in [0.5, 0.6) is 0 Å². The summed E-state index contributed by atoms with van der Waals surface area (Å²) in [5, 5.41) is 8.14. The van der Waals surface area contributed by atoms with Crippen LogP contribution in [0.3, 0.4) is 0 Å². The van der Waals surface area contributed by atoms with E-state index >= 15 is 4.39 Å². The SMILES string of the molecule is CCc1c(C(=O)O)c(=O)c2cc(F)c(F)c(Cl)c2n1-c1cc(N(C)C(=O)OC(C)(C)C)c(F)cc1F. The second-order valence-corrected chi connectivity index (χ2v) is 9.20. The van der Waals surface area contributed by atoms with E-state index in [1.807, 2.05) is 0 Å². The molecule has 1 amide bonds. The van der Waals surface area contributed by atoms with Gasteiger partial charge in [0.25, 0.3) is 0 Å². The number of carboxylic acids is 1. The molecule has 1 aromatic heterocycles. The van der Waals surface area contributed by atoms with Gasteiger partial charge >= 0.3 is 12.1 Å². The molecule has 0 atom stereocenters. The molecule has 0 fully saturated rings. The van der Waals surface area contributed by atoms with E-state index in [1.165, 1.54) is 6.92 Å². The van der Waals surface area contributed by atoms with Gasteiger partial charge < -0.3 is 14.4 Å². The van der Waals surface area contributed by atoms with Crippen LogP contribution in [0, 0.1) is 23.3 Å². The number of carbonyl (C=O) groups is 2. The van der Waals surface area contributed by atoms with E-state index in [4.69, 9.17) is 16.3 Å². The summed E-state index contributed by atoms with van der Waals surface area (Å²) in [5.74, 6) is -7.22. The zero-order chi connectivity index (χ0) is 27.3. The van der Waals surface area contributed by atoms with Crippen molar-refractivity contribution in [1.29, 1.82) is 0 Å². The number of hydrogen-bond donors (Lipinski definition) is 1. The Hall–Kier alpha value is -3.60. The Kier molecular flexibility index (Phi) is 7.09. The lowest BCUT2D eigenvalue weighted by Crippen LogP contribution is -2.34. The minimum absolute atomic E-state index is 0.198. The fourth-order valence-corrected chi connectivity index (χ4v) is 3.97. The van der Waals surface area contributed by atoms with Gasteiger partial charge in [0.1, 0.15) is 27.8 Å². The van der Waals surface area contributed by atoms with Crippen molar-refractivity contribution in [3.8, 4) is 5.69 Å². The number of amides is 1. The Morgan fingerprint density at radius 2 is 1.69 bits per heavy atom. The summed E-state index contributed by atoms with van der Waals surface area (Å²) in [6.45, 7) is 6.17. The molecule has 0 aliphatic heterocycles. The quantitative estimate of drug-likeness (QED) is 0.340. The molecular formula is C24H21ClF4N2O5. The second-order valence-electron chi connectivity index (χ2n) is 8.82. The van der Waals surface area contributed by atoms with E-state index in [0.29, 0.717) is 12.1 Å². The smallest absolute Gasteiger partial charge is 0.414 e. The molecule has 36 heavy (non-hydrogen) atoms. The van der Waals surface area contributed by atoms with Gasteiger partial charge in [-0.3, -0.25) is 9.69 Å². The zero-order valence-corrected chi connectivity index (χ0v) is 20.6. The summed E-state index contributed by atoms with van der Waals surface area (Å²) in [6, 6.07) is 1.72. The molecule has 0 saturated carbocycles. The van der Waals surface area contributed by atoms with Gasteiger partial charge in [0.15, 0.2) is 11.6 Å². The van der Waals surface area contributed by atoms with Crippen molar-refractivity contribution in [2.24, 2.45) is 0 Å². The van der Waals surface area contributed by atoms with Gasteiger partial charge in [-0.25, -0.2) is 27.2 Å². The number of nitrogens with zero attached hydrogens (tertiary/aromatic N) is 2. The van der Waals surface area contributed by atoms with Crippen molar-refractivity contribution in [2.75, 3.05) is 11.9 Å². The van der Waals surface area contributed by atoms with Gasteiger partial charge in [-0.05, 0) is 39.3 Å².